The molecule has 0 spiro atoms. The van der Waals surface area contributed by atoms with Gasteiger partial charge in [0, 0.05) is 5.56 Å². The first-order chi connectivity index (χ1) is 8.36. The molecule has 1 atom stereocenters. The van der Waals surface area contributed by atoms with Gasteiger partial charge in [-0.3, -0.25) is 0 Å². The lowest BCUT2D eigenvalue weighted by Gasteiger charge is -2.26. The number of nitrogens with two attached hydrogens (primary N) is 1. The molecule has 4 heteroatoms. The van der Waals surface area contributed by atoms with Crippen molar-refractivity contribution in [1.82, 2.24) is 0 Å². The van der Waals surface area contributed by atoms with Crippen LogP contribution in [0.2, 0.25) is 0 Å². The minimum absolute atomic E-state index is 0.306. The van der Waals surface area contributed by atoms with E-state index in [4.69, 9.17) is 10.5 Å². The van der Waals surface area contributed by atoms with Gasteiger partial charge in [-0.05, 0) is 30.0 Å². The summed E-state index contributed by atoms with van der Waals surface area (Å²) >= 11 is 0. The Hall–Kier alpha value is -1.55. The van der Waals surface area contributed by atoms with Crippen LogP contribution in [0.4, 0.5) is 0 Å². The molecule has 0 fully saturated rings. The van der Waals surface area contributed by atoms with Gasteiger partial charge in [-0.2, -0.15) is 0 Å². The third kappa shape index (κ3) is 2.48. The SMILES string of the molecule is CCC(N)(C(=O)O)c1cc(C(C)C)ccc1OC. The highest BCUT2D eigenvalue weighted by Gasteiger charge is 2.37. The van der Waals surface area contributed by atoms with Crippen LogP contribution in [0.25, 0.3) is 0 Å². The fourth-order valence-corrected chi connectivity index (χ4v) is 1.89. The molecular formula is C14H21NO3. The van der Waals surface area contributed by atoms with E-state index >= 15 is 0 Å². The minimum atomic E-state index is -1.41. The van der Waals surface area contributed by atoms with Gasteiger partial charge in [0.1, 0.15) is 11.3 Å². The van der Waals surface area contributed by atoms with Gasteiger partial charge in [-0.1, -0.05) is 26.8 Å². The number of aliphatic carboxylic acids is 1. The molecule has 1 aromatic carbocycles. The first kappa shape index (κ1) is 14.5. The van der Waals surface area contributed by atoms with E-state index in [9.17, 15) is 9.90 Å². The summed E-state index contributed by atoms with van der Waals surface area (Å²) in [4.78, 5) is 11.4. The van der Waals surface area contributed by atoms with E-state index in [1.165, 1.54) is 7.11 Å². The monoisotopic (exact) mass is 251 g/mol. The lowest BCUT2D eigenvalue weighted by atomic mass is 9.85. The van der Waals surface area contributed by atoms with Crippen molar-refractivity contribution in [2.75, 3.05) is 7.11 Å². The van der Waals surface area contributed by atoms with Crippen molar-refractivity contribution in [2.24, 2.45) is 5.73 Å². The van der Waals surface area contributed by atoms with Crippen molar-refractivity contribution < 1.29 is 14.6 Å². The Balaban J connectivity index is 3.44. The predicted molar refractivity (Wildman–Crippen MR) is 70.9 cm³/mol. The molecule has 18 heavy (non-hydrogen) atoms. The second-order valence-corrected chi connectivity index (χ2v) is 4.74. The Morgan fingerprint density at radius 1 is 1.50 bits per heavy atom. The van der Waals surface area contributed by atoms with Crippen molar-refractivity contribution in [3.05, 3.63) is 29.3 Å². The van der Waals surface area contributed by atoms with E-state index in [2.05, 4.69) is 13.8 Å². The molecule has 0 bridgehead atoms. The molecule has 4 nitrogen and oxygen atoms in total. The quantitative estimate of drug-likeness (QED) is 0.843. The number of benzene rings is 1. The molecule has 100 valence electrons. The molecule has 0 radical (unpaired) electrons. The van der Waals surface area contributed by atoms with E-state index in [1.807, 2.05) is 12.1 Å². The maximum absolute atomic E-state index is 11.4. The second-order valence-electron chi connectivity index (χ2n) is 4.74. The summed E-state index contributed by atoms with van der Waals surface area (Å²) < 4.78 is 5.23. The van der Waals surface area contributed by atoms with E-state index in [-0.39, 0.29) is 0 Å². The molecule has 1 aromatic rings. The summed E-state index contributed by atoms with van der Waals surface area (Å²) in [5.41, 5.74) is 6.21. The van der Waals surface area contributed by atoms with Crippen LogP contribution in [0.5, 0.6) is 5.75 Å². The average Bonchev–Trinajstić information content (AvgIpc) is 2.36. The van der Waals surface area contributed by atoms with Crippen LogP contribution < -0.4 is 10.5 Å². The lowest BCUT2D eigenvalue weighted by Crippen LogP contribution is -2.44. The van der Waals surface area contributed by atoms with Crippen LogP contribution >= 0.6 is 0 Å². The summed E-state index contributed by atoms with van der Waals surface area (Å²) in [7, 11) is 1.52. The number of ether oxygens (including phenoxy) is 1. The highest BCUT2D eigenvalue weighted by Crippen LogP contribution is 2.33. The predicted octanol–water partition coefficient (Wildman–Crippen LogP) is 2.47. The van der Waals surface area contributed by atoms with Crippen LogP contribution in [-0.2, 0) is 10.3 Å². The van der Waals surface area contributed by atoms with Gasteiger partial charge in [-0.25, -0.2) is 4.79 Å². The fraction of sp³-hybridized carbons (Fsp3) is 0.500. The normalized spacial score (nSPS) is 14.3. The zero-order chi connectivity index (χ0) is 13.9. The minimum Gasteiger partial charge on any atom is -0.496 e. The molecule has 0 saturated carbocycles. The highest BCUT2D eigenvalue weighted by atomic mass is 16.5. The average molecular weight is 251 g/mol. The van der Waals surface area contributed by atoms with Crippen LogP contribution in [0.1, 0.15) is 44.2 Å². The molecule has 0 aromatic heterocycles. The molecule has 0 amide bonds. The number of carboxylic acids is 1. The number of hydrogen-bond donors (Lipinski definition) is 2. The molecule has 1 unspecified atom stereocenters. The topological polar surface area (TPSA) is 72.6 Å². The van der Waals surface area contributed by atoms with Crippen LogP contribution in [0.15, 0.2) is 18.2 Å². The number of carboxylic acid groups (broad SMARTS) is 1. The second kappa shape index (κ2) is 5.40. The lowest BCUT2D eigenvalue weighted by molar-refractivity contribution is -0.144. The zero-order valence-corrected chi connectivity index (χ0v) is 11.4. The highest BCUT2D eigenvalue weighted by molar-refractivity contribution is 5.81. The maximum Gasteiger partial charge on any atom is 0.328 e. The van der Waals surface area contributed by atoms with Crippen LogP contribution in [0, 0.1) is 0 Å². The molecule has 0 saturated heterocycles. The molecule has 0 aliphatic carbocycles. The number of methoxy groups -OCH3 is 1. The summed E-state index contributed by atoms with van der Waals surface area (Å²) in [6.07, 6.45) is 0.306. The van der Waals surface area contributed by atoms with Crippen molar-refractivity contribution in [2.45, 2.75) is 38.6 Å². The van der Waals surface area contributed by atoms with Gasteiger partial charge in [0.15, 0.2) is 0 Å². The van der Waals surface area contributed by atoms with Gasteiger partial charge >= 0.3 is 5.97 Å². The van der Waals surface area contributed by atoms with Gasteiger partial charge in [0.05, 0.1) is 7.11 Å². The van der Waals surface area contributed by atoms with Crippen molar-refractivity contribution in [1.29, 1.82) is 0 Å². The van der Waals surface area contributed by atoms with Gasteiger partial charge in [0.2, 0.25) is 0 Å². The summed E-state index contributed by atoms with van der Waals surface area (Å²) in [6.45, 7) is 5.86. The third-order valence-electron chi connectivity index (χ3n) is 3.31. The third-order valence-corrected chi connectivity index (χ3v) is 3.31. The van der Waals surface area contributed by atoms with E-state index < -0.39 is 11.5 Å². The van der Waals surface area contributed by atoms with Gasteiger partial charge in [0.25, 0.3) is 0 Å². The molecule has 0 aliphatic heterocycles. The van der Waals surface area contributed by atoms with Crippen molar-refractivity contribution >= 4 is 5.97 Å². The van der Waals surface area contributed by atoms with E-state index in [1.54, 1.807) is 13.0 Å². The van der Waals surface area contributed by atoms with Crippen LogP contribution in [-0.4, -0.2) is 18.2 Å². The molecule has 0 aliphatic rings. The summed E-state index contributed by atoms with van der Waals surface area (Å²) in [6, 6.07) is 5.55. The Kier molecular flexibility index (Phi) is 4.35. The Morgan fingerprint density at radius 3 is 2.50 bits per heavy atom. The Labute approximate surface area is 108 Å². The molecular weight excluding hydrogens is 230 g/mol. The smallest absolute Gasteiger partial charge is 0.328 e. The number of rotatable bonds is 5. The largest absolute Gasteiger partial charge is 0.496 e. The van der Waals surface area contributed by atoms with Crippen molar-refractivity contribution in [3.8, 4) is 5.75 Å². The van der Waals surface area contributed by atoms with Crippen molar-refractivity contribution in [3.63, 3.8) is 0 Å². The number of hydrogen-bond acceptors (Lipinski definition) is 3. The Bertz CT molecular complexity index is 443. The number of carbonyl (C=O) groups is 1. The van der Waals surface area contributed by atoms with Gasteiger partial charge < -0.3 is 15.6 Å². The molecule has 0 heterocycles. The zero-order valence-electron chi connectivity index (χ0n) is 11.4. The standard InChI is InChI=1S/C14H21NO3/c1-5-14(15,13(16)17)11-8-10(9(2)3)6-7-12(11)18-4/h6-9H,5,15H2,1-4H3,(H,16,17). The summed E-state index contributed by atoms with van der Waals surface area (Å²) in [5.74, 6) is -0.208. The summed E-state index contributed by atoms with van der Waals surface area (Å²) in [5, 5.41) is 9.35. The fourth-order valence-electron chi connectivity index (χ4n) is 1.89. The van der Waals surface area contributed by atoms with E-state index in [0.717, 1.165) is 5.56 Å². The molecule has 1 rings (SSSR count). The molecule has 3 N–H and O–H groups in total. The van der Waals surface area contributed by atoms with E-state index in [0.29, 0.717) is 23.7 Å². The first-order valence-corrected chi connectivity index (χ1v) is 6.07. The van der Waals surface area contributed by atoms with Crippen LogP contribution in [0.3, 0.4) is 0 Å². The Morgan fingerprint density at radius 2 is 2.11 bits per heavy atom. The van der Waals surface area contributed by atoms with Gasteiger partial charge in [-0.15, -0.1) is 0 Å². The first-order valence-electron chi connectivity index (χ1n) is 6.07. The maximum atomic E-state index is 11.4.